The van der Waals surface area contributed by atoms with Crippen LogP contribution in [0.1, 0.15) is 32.9 Å². The molecule has 1 aliphatic rings. The van der Waals surface area contributed by atoms with Crippen LogP contribution in [0.2, 0.25) is 0 Å². The average molecular weight is 262 g/mol. The molecular weight excluding hydrogens is 240 g/mol. The molecule has 2 rings (SSSR count). The summed E-state index contributed by atoms with van der Waals surface area (Å²) in [5.74, 6) is 1.38. The first-order chi connectivity index (χ1) is 9.02. The van der Waals surface area contributed by atoms with E-state index in [9.17, 15) is 0 Å². The van der Waals surface area contributed by atoms with E-state index in [0.717, 1.165) is 12.2 Å². The van der Waals surface area contributed by atoms with Gasteiger partial charge in [-0.1, -0.05) is 19.0 Å². The zero-order chi connectivity index (χ0) is 14.0. The summed E-state index contributed by atoms with van der Waals surface area (Å²) in [4.78, 5) is 6.51. The maximum Gasteiger partial charge on any atom is 0.188 e. The van der Waals surface area contributed by atoms with Crippen molar-refractivity contribution in [2.75, 3.05) is 11.4 Å². The summed E-state index contributed by atoms with van der Waals surface area (Å²) in [6.45, 7) is 7.85. The lowest BCUT2D eigenvalue weighted by Crippen LogP contribution is -2.46. The summed E-state index contributed by atoms with van der Waals surface area (Å²) in [5.41, 5.74) is 7.20. The Morgan fingerprint density at radius 1 is 1.47 bits per heavy atom. The molecule has 2 heterocycles. The third-order valence-corrected chi connectivity index (χ3v) is 4.04. The highest BCUT2D eigenvalue weighted by atomic mass is 16.4. The first-order valence-electron chi connectivity index (χ1n) is 6.73. The van der Waals surface area contributed by atoms with E-state index in [4.69, 9.17) is 10.9 Å². The molecule has 5 heteroatoms. The van der Waals surface area contributed by atoms with Crippen LogP contribution in [0, 0.1) is 11.8 Å². The molecule has 1 aromatic rings. The van der Waals surface area contributed by atoms with Crippen molar-refractivity contribution in [2.24, 2.45) is 22.7 Å². The molecule has 0 saturated carbocycles. The third-order valence-electron chi connectivity index (χ3n) is 4.04. The molecule has 0 radical (unpaired) electrons. The molecule has 3 N–H and O–H groups in total. The number of rotatable bonds is 2. The molecule has 19 heavy (non-hydrogen) atoms. The van der Waals surface area contributed by atoms with Crippen LogP contribution in [0.15, 0.2) is 23.5 Å². The summed E-state index contributed by atoms with van der Waals surface area (Å²) in [5, 5.41) is 11.7. The minimum absolute atomic E-state index is 0.0487. The van der Waals surface area contributed by atoms with Gasteiger partial charge < -0.3 is 15.8 Å². The molecule has 1 aromatic heterocycles. The van der Waals surface area contributed by atoms with Crippen LogP contribution in [-0.4, -0.2) is 28.6 Å². The minimum Gasteiger partial charge on any atom is -0.409 e. The number of nitrogens with zero attached hydrogens (tertiary/aromatic N) is 3. The zero-order valence-electron chi connectivity index (χ0n) is 11.7. The van der Waals surface area contributed by atoms with E-state index in [2.05, 4.69) is 35.8 Å². The van der Waals surface area contributed by atoms with Crippen LogP contribution < -0.4 is 10.6 Å². The highest BCUT2D eigenvalue weighted by molar-refractivity contribution is 5.95. The summed E-state index contributed by atoms with van der Waals surface area (Å²) in [7, 11) is 0. The van der Waals surface area contributed by atoms with Crippen molar-refractivity contribution < 1.29 is 5.21 Å². The molecule has 0 aliphatic carbocycles. The number of oxime groups is 1. The van der Waals surface area contributed by atoms with Gasteiger partial charge in [0.2, 0.25) is 0 Å². The molecule has 1 saturated heterocycles. The number of aromatic nitrogens is 1. The fourth-order valence-electron chi connectivity index (χ4n) is 2.85. The highest BCUT2D eigenvalue weighted by Crippen LogP contribution is 2.31. The maximum atomic E-state index is 8.73. The lowest BCUT2D eigenvalue weighted by molar-refractivity contribution is 0.297. The van der Waals surface area contributed by atoms with E-state index in [1.54, 1.807) is 6.20 Å². The van der Waals surface area contributed by atoms with Gasteiger partial charge >= 0.3 is 0 Å². The van der Waals surface area contributed by atoms with Gasteiger partial charge in [0.1, 0.15) is 5.69 Å². The third kappa shape index (κ3) is 2.80. The lowest BCUT2D eigenvalue weighted by Gasteiger charge is -2.42. The predicted molar refractivity (Wildman–Crippen MR) is 76.5 cm³/mol. The van der Waals surface area contributed by atoms with E-state index in [-0.39, 0.29) is 5.84 Å². The van der Waals surface area contributed by atoms with Gasteiger partial charge in [-0.15, -0.1) is 0 Å². The Kier molecular flexibility index (Phi) is 3.93. The van der Waals surface area contributed by atoms with Crippen LogP contribution in [0.3, 0.4) is 0 Å². The Morgan fingerprint density at radius 3 is 2.89 bits per heavy atom. The quantitative estimate of drug-likeness (QED) is 0.370. The molecule has 1 fully saturated rings. The van der Waals surface area contributed by atoms with E-state index < -0.39 is 0 Å². The second kappa shape index (κ2) is 5.47. The fourth-order valence-corrected chi connectivity index (χ4v) is 2.85. The van der Waals surface area contributed by atoms with Crippen LogP contribution in [0.4, 0.5) is 5.69 Å². The van der Waals surface area contributed by atoms with Crippen molar-refractivity contribution >= 4 is 11.5 Å². The Labute approximate surface area is 114 Å². The lowest BCUT2D eigenvalue weighted by atomic mass is 9.85. The number of nitrogens with two attached hydrogens (primary N) is 1. The smallest absolute Gasteiger partial charge is 0.188 e. The van der Waals surface area contributed by atoms with Gasteiger partial charge in [0.25, 0.3) is 0 Å². The maximum absolute atomic E-state index is 8.73. The van der Waals surface area contributed by atoms with Crippen molar-refractivity contribution in [1.29, 1.82) is 0 Å². The van der Waals surface area contributed by atoms with Gasteiger partial charge in [-0.25, -0.2) is 0 Å². The van der Waals surface area contributed by atoms with Gasteiger partial charge in [-0.05, 0) is 37.3 Å². The second-order valence-electron chi connectivity index (χ2n) is 5.60. The van der Waals surface area contributed by atoms with Crippen LogP contribution >= 0.6 is 0 Å². The molecule has 0 amide bonds. The van der Waals surface area contributed by atoms with Crippen LogP contribution in [-0.2, 0) is 0 Å². The summed E-state index contributed by atoms with van der Waals surface area (Å²) < 4.78 is 0. The normalized spacial score (nSPS) is 28.5. The number of hydrogen-bond donors (Lipinski definition) is 2. The number of piperidine rings is 1. The van der Waals surface area contributed by atoms with E-state index in [0.29, 0.717) is 23.6 Å². The minimum atomic E-state index is 0.0487. The number of hydrogen-bond acceptors (Lipinski definition) is 4. The van der Waals surface area contributed by atoms with Gasteiger partial charge in [0.05, 0.1) is 0 Å². The van der Waals surface area contributed by atoms with E-state index >= 15 is 0 Å². The predicted octanol–water partition coefficient (Wildman–Crippen LogP) is 2.05. The van der Waals surface area contributed by atoms with Crippen molar-refractivity contribution in [2.45, 2.75) is 33.2 Å². The summed E-state index contributed by atoms with van der Waals surface area (Å²) in [6.07, 6.45) is 2.97. The van der Waals surface area contributed by atoms with Crippen LogP contribution in [0.25, 0.3) is 0 Å². The Bertz CT molecular complexity index is 474. The molecule has 5 nitrogen and oxygen atoms in total. The second-order valence-corrected chi connectivity index (χ2v) is 5.60. The van der Waals surface area contributed by atoms with E-state index in [1.807, 2.05) is 12.1 Å². The molecule has 0 aromatic carbocycles. The molecule has 104 valence electrons. The highest BCUT2D eigenvalue weighted by Gasteiger charge is 2.29. The Hall–Kier alpha value is -1.78. The number of anilines is 1. The first kappa shape index (κ1) is 13.6. The first-order valence-corrected chi connectivity index (χ1v) is 6.73. The molecule has 3 unspecified atom stereocenters. The monoisotopic (exact) mass is 262 g/mol. The summed E-state index contributed by atoms with van der Waals surface area (Å²) >= 11 is 0. The fraction of sp³-hybridized carbons (Fsp3) is 0.571. The van der Waals surface area contributed by atoms with Crippen LogP contribution in [0.5, 0.6) is 0 Å². The molecule has 0 spiro atoms. The van der Waals surface area contributed by atoms with Gasteiger partial charge in [0.15, 0.2) is 5.84 Å². The topological polar surface area (TPSA) is 74.7 Å². The van der Waals surface area contributed by atoms with Crippen molar-refractivity contribution in [3.8, 4) is 0 Å². The molecular formula is C14H22N4O. The van der Waals surface area contributed by atoms with Gasteiger partial charge in [-0.3, -0.25) is 4.98 Å². The van der Waals surface area contributed by atoms with Gasteiger partial charge in [0, 0.05) is 24.5 Å². The van der Waals surface area contributed by atoms with Crippen molar-refractivity contribution in [3.05, 3.63) is 24.0 Å². The van der Waals surface area contributed by atoms with E-state index in [1.165, 1.54) is 6.42 Å². The molecule has 1 aliphatic heterocycles. The molecule has 3 atom stereocenters. The Balaban J connectivity index is 2.30. The standard InChI is InChI=1S/C14H22N4O/c1-9-6-10(2)11(3)18(8-9)12-4-5-16-13(7-12)14(15)17-19/h4-5,7,9-11,19H,6,8H2,1-3H3,(H2,15,17). The largest absolute Gasteiger partial charge is 0.409 e. The number of amidine groups is 1. The Morgan fingerprint density at radius 2 is 2.21 bits per heavy atom. The van der Waals surface area contributed by atoms with Crippen molar-refractivity contribution in [3.63, 3.8) is 0 Å². The van der Waals surface area contributed by atoms with Gasteiger partial charge in [-0.2, -0.15) is 0 Å². The SMILES string of the molecule is CC1CC(C)C(C)N(c2ccnc(/C(N)=N/O)c2)C1. The number of pyridine rings is 1. The average Bonchev–Trinajstić information content (AvgIpc) is 2.42. The summed E-state index contributed by atoms with van der Waals surface area (Å²) in [6, 6.07) is 4.35. The van der Waals surface area contributed by atoms with Crippen molar-refractivity contribution in [1.82, 2.24) is 4.98 Å². The zero-order valence-corrected chi connectivity index (χ0v) is 11.7. The molecule has 0 bridgehead atoms.